The predicted molar refractivity (Wildman–Crippen MR) is 108 cm³/mol. The third-order valence-corrected chi connectivity index (χ3v) is 4.32. The number of carbonyl (C=O) groups is 1. The number of likely N-dealkylation sites (N-methyl/N-ethyl adjacent to an activating group) is 1. The average Bonchev–Trinajstić information content (AvgIpc) is 3.19. The van der Waals surface area contributed by atoms with E-state index in [1.165, 1.54) is 0 Å². The molecule has 1 fully saturated rings. The lowest BCUT2D eigenvalue weighted by Gasteiger charge is -2.24. The fraction of sp³-hybridized carbons (Fsp3) is 0.550. The molecule has 1 aliphatic heterocycles. The van der Waals surface area contributed by atoms with Crippen LogP contribution in [0.4, 0.5) is 0 Å². The van der Waals surface area contributed by atoms with Crippen LogP contribution in [0.3, 0.4) is 0 Å². The van der Waals surface area contributed by atoms with Gasteiger partial charge in [-0.25, -0.2) is 0 Å². The third-order valence-electron chi connectivity index (χ3n) is 4.17. The molecule has 1 heterocycles. The van der Waals surface area contributed by atoms with E-state index in [4.69, 9.17) is 25.9 Å². The van der Waals surface area contributed by atoms with Gasteiger partial charge < -0.3 is 19.6 Å². The quantitative estimate of drug-likeness (QED) is 0.170. The zero-order chi connectivity index (χ0) is 19.9. The summed E-state index contributed by atoms with van der Waals surface area (Å²) in [4.78, 5) is 17.7. The number of rotatable bonds is 13. The van der Waals surface area contributed by atoms with Crippen LogP contribution >= 0.6 is 11.6 Å². The summed E-state index contributed by atoms with van der Waals surface area (Å²) in [5.41, 5.74) is 0. The number of hydroxylamine groups is 2. The van der Waals surface area contributed by atoms with E-state index in [0.717, 1.165) is 13.0 Å². The number of alkyl halides is 1. The van der Waals surface area contributed by atoms with Crippen LogP contribution in [-0.2, 0) is 19.1 Å². The molecular weight excluding hydrogens is 368 g/mol. The van der Waals surface area contributed by atoms with Gasteiger partial charge in [0.05, 0.1) is 13.7 Å². The van der Waals surface area contributed by atoms with Gasteiger partial charge in [0.2, 0.25) is 5.91 Å². The molecule has 0 radical (unpaired) electrons. The Bertz CT molecular complexity index is 528. The van der Waals surface area contributed by atoms with Crippen molar-refractivity contribution in [2.24, 2.45) is 5.92 Å². The normalized spacial score (nSPS) is 19.1. The molecule has 0 aromatic rings. The second-order valence-electron chi connectivity index (χ2n) is 6.09. The summed E-state index contributed by atoms with van der Waals surface area (Å²) < 4.78 is 11.0. The standard InChI is InChI=1S/C20H31ClN2O4/c1-4-5-8-18(10-12-21)27-13-7-6-9-19(23(2)25-3)20(24)22-15-17-11-14-26-16-17/h4-8,10,17,19H,1,9,11-16H2,2-3H3,(H,22,24)/b7-6+,8-5-,18-10+. The van der Waals surface area contributed by atoms with Crippen LogP contribution < -0.4 is 5.32 Å². The Labute approximate surface area is 167 Å². The molecule has 1 rings (SSSR count). The molecule has 0 saturated carbocycles. The molecule has 0 aromatic heterocycles. The summed E-state index contributed by atoms with van der Waals surface area (Å²) >= 11 is 5.71. The van der Waals surface area contributed by atoms with Crippen molar-refractivity contribution in [3.05, 3.63) is 48.8 Å². The highest BCUT2D eigenvalue weighted by atomic mass is 35.5. The Kier molecular flexibility index (Phi) is 12.6. The summed E-state index contributed by atoms with van der Waals surface area (Å²) in [5.74, 6) is 1.38. The molecule has 6 nitrogen and oxygen atoms in total. The predicted octanol–water partition coefficient (Wildman–Crippen LogP) is 2.83. The van der Waals surface area contributed by atoms with Crippen LogP contribution in [0.2, 0.25) is 0 Å². The Morgan fingerprint density at radius 2 is 2.30 bits per heavy atom. The van der Waals surface area contributed by atoms with Crippen molar-refractivity contribution < 1.29 is 19.1 Å². The summed E-state index contributed by atoms with van der Waals surface area (Å²) in [6.45, 7) is 6.12. The molecule has 0 spiro atoms. The van der Waals surface area contributed by atoms with Crippen molar-refractivity contribution in [3.63, 3.8) is 0 Å². The molecule has 27 heavy (non-hydrogen) atoms. The van der Waals surface area contributed by atoms with Gasteiger partial charge in [-0.2, -0.15) is 5.06 Å². The monoisotopic (exact) mass is 398 g/mol. The summed E-state index contributed by atoms with van der Waals surface area (Å²) in [5, 5.41) is 4.54. The van der Waals surface area contributed by atoms with Crippen LogP contribution in [-0.4, -0.2) is 63.4 Å². The van der Waals surface area contributed by atoms with E-state index >= 15 is 0 Å². The lowest BCUT2D eigenvalue weighted by atomic mass is 10.1. The number of halogens is 1. The van der Waals surface area contributed by atoms with Crippen molar-refractivity contribution in [2.45, 2.75) is 18.9 Å². The number of carbonyl (C=O) groups excluding carboxylic acids is 1. The molecule has 0 bridgehead atoms. The first kappa shape index (κ1) is 23.4. The van der Waals surface area contributed by atoms with Crippen molar-refractivity contribution in [1.82, 2.24) is 10.4 Å². The molecule has 0 aliphatic carbocycles. The highest BCUT2D eigenvalue weighted by molar-refractivity contribution is 6.18. The SMILES string of the molecule is C=C/C=C\C(=C/CCl)OC/C=C/CC(C(=O)NCC1CCOC1)N(C)OC. The van der Waals surface area contributed by atoms with Crippen LogP contribution in [0, 0.1) is 5.92 Å². The van der Waals surface area contributed by atoms with Gasteiger partial charge in [0.25, 0.3) is 0 Å². The Morgan fingerprint density at radius 1 is 1.48 bits per heavy atom. The summed E-state index contributed by atoms with van der Waals surface area (Å²) in [6, 6.07) is -0.410. The van der Waals surface area contributed by atoms with E-state index in [1.807, 2.05) is 12.2 Å². The smallest absolute Gasteiger partial charge is 0.240 e. The number of amides is 1. The maximum absolute atomic E-state index is 12.5. The van der Waals surface area contributed by atoms with E-state index in [0.29, 0.717) is 43.7 Å². The van der Waals surface area contributed by atoms with Gasteiger partial charge in [0, 0.05) is 32.0 Å². The first-order valence-corrected chi connectivity index (χ1v) is 9.61. The van der Waals surface area contributed by atoms with E-state index in [-0.39, 0.29) is 5.91 Å². The first-order valence-electron chi connectivity index (χ1n) is 9.07. The van der Waals surface area contributed by atoms with Gasteiger partial charge in [0.15, 0.2) is 0 Å². The number of hydrogen-bond acceptors (Lipinski definition) is 5. The average molecular weight is 399 g/mol. The topological polar surface area (TPSA) is 60.0 Å². The molecular formula is C20H31ClN2O4. The van der Waals surface area contributed by atoms with Crippen molar-refractivity contribution >= 4 is 17.5 Å². The highest BCUT2D eigenvalue weighted by Crippen LogP contribution is 2.11. The molecule has 2 unspecified atom stereocenters. The lowest BCUT2D eigenvalue weighted by molar-refractivity contribution is -0.160. The molecule has 1 saturated heterocycles. The van der Waals surface area contributed by atoms with Crippen molar-refractivity contribution in [3.8, 4) is 0 Å². The molecule has 0 aromatic carbocycles. The zero-order valence-corrected chi connectivity index (χ0v) is 17.0. The molecule has 1 amide bonds. The van der Waals surface area contributed by atoms with Crippen LogP contribution in [0.15, 0.2) is 48.8 Å². The van der Waals surface area contributed by atoms with Crippen molar-refractivity contribution in [2.75, 3.05) is 46.4 Å². The number of ether oxygens (including phenoxy) is 2. The Morgan fingerprint density at radius 3 is 2.93 bits per heavy atom. The molecule has 7 heteroatoms. The van der Waals surface area contributed by atoms with Crippen molar-refractivity contribution in [1.29, 1.82) is 0 Å². The number of hydrogen-bond donors (Lipinski definition) is 1. The minimum Gasteiger partial charge on any atom is -0.490 e. The number of nitrogens with one attached hydrogen (secondary N) is 1. The van der Waals surface area contributed by atoms with Gasteiger partial charge in [-0.05, 0) is 25.0 Å². The number of nitrogens with zero attached hydrogens (tertiary/aromatic N) is 1. The molecule has 152 valence electrons. The molecule has 2 atom stereocenters. The largest absolute Gasteiger partial charge is 0.490 e. The Balaban J connectivity index is 2.46. The van der Waals surface area contributed by atoms with Crippen LogP contribution in [0.25, 0.3) is 0 Å². The van der Waals surface area contributed by atoms with E-state index in [9.17, 15) is 4.79 Å². The fourth-order valence-electron chi connectivity index (χ4n) is 2.51. The Hall–Kier alpha value is -1.60. The van der Waals surface area contributed by atoms with E-state index < -0.39 is 6.04 Å². The number of allylic oxidation sites excluding steroid dienone is 4. The van der Waals surface area contributed by atoms with E-state index in [1.54, 1.807) is 43.5 Å². The second-order valence-corrected chi connectivity index (χ2v) is 6.40. The second kappa shape index (κ2) is 14.5. The van der Waals surface area contributed by atoms with E-state index in [2.05, 4.69) is 11.9 Å². The van der Waals surface area contributed by atoms with Gasteiger partial charge in [-0.3, -0.25) is 4.79 Å². The maximum atomic E-state index is 12.5. The van der Waals surface area contributed by atoms with Gasteiger partial charge in [-0.15, -0.1) is 11.6 Å². The first-order chi connectivity index (χ1) is 13.1. The zero-order valence-electron chi connectivity index (χ0n) is 16.2. The van der Waals surface area contributed by atoms with Crippen LogP contribution in [0.1, 0.15) is 12.8 Å². The summed E-state index contributed by atoms with van der Waals surface area (Å²) in [7, 11) is 3.29. The minimum atomic E-state index is -0.410. The third kappa shape index (κ3) is 9.77. The minimum absolute atomic E-state index is 0.0616. The molecule has 1 aliphatic rings. The van der Waals surface area contributed by atoms with Gasteiger partial charge >= 0.3 is 0 Å². The summed E-state index contributed by atoms with van der Waals surface area (Å²) in [6.07, 6.45) is 12.3. The lowest BCUT2D eigenvalue weighted by Crippen LogP contribution is -2.45. The van der Waals surface area contributed by atoms with Gasteiger partial charge in [-0.1, -0.05) is 30.9 Å². The molecule has 1 N–H and O–H groups in total. The highest BCUT2D eigenvalue weighted by Gasteiger charge is 2.24. The van der Waals surface area contributed by atoms with Gasteiger partial charge in [0.1, 0.15) is 18.4 Å². The van der Waals surface area contributed by atoms with Crippen LogP contribution in [0.5, 0.6) is 0 Å². The maximum Gasteiger partial charge on any atom is 0.240 e. The fourth-order valence-corrected chi connectivity index (χ4v) is 2.66.